The molecular formula is C20H16N8. The predicted octanol–water partition coefficient (Wildman–Crippen LogP) is 3.33. The number of anilines is 3. The number of imidazole rings is 2. The summed E-state index contributed by atoms with van der Waals surface area (Å²) in [5.41, 5.74) is 10.2. The first-order chi connectivity index (χ1) is 13.8. The molecule has 0 saturated heterocycles. The molecule has 136 valence electrons. The van der Waals surface area contributed by atoms with Crippen LogP contribution in [0.4, 0.5) is 17.5 Å². The molecule has 0 unspecified atom stereocenters. The topological polar surface area (TPSA) is 99.5 Å². The van der Waals surface area contributed by atoms with Crippen LogP contribution in [-0.2, 0) is 0 Å². The minimum atomic E-state index is 0.331. The van der Waals surface area contributed by atoms with Crippen molar-refractivity contribution in [2.45, 2.75) is 0 Å². The van der Waals surface area contributed by atoms with E-state index >= 15 is 0 Å². The van der Waals surface area contributed by atoms with Gasteiger partial charge in [0.2, 0.25) is 5.95 Å². The van der Waals surface area contributed by atoms with E-state index in [2.05, 4.69) is 25.3 Å². The minimum absolute atomic E-state index is 0.331. The molecule has 0 aliphatic heterocycles. The van der Waals surface area contributed by atoms with Gasteiger partial charge in [0.25, 0.3) is 0 Å². The van der Waals surface area contributed by atoms with Crippen molar-refractivity contribution in [3.63, 3.8) is 0 Å². The van der Waals surface area contributed by atoms with E-state index in [1.807, 2.05) is 69.9 Å². The first-order valence-corrected chi connectivity index (χ1v) is 8.69. The van der Waals surface area contributed by atoms with Crippen LogP contribution >= 0.6 is 0 Å². The van der Waals surface area contributed by atoms with Crippen LogP contribution in [0.25, 0.3) is 22.5 Å². The molecule has 0 radical (unpaired) electrons. The quantitative estimate of drug-likeness (QED) is 0.505. The number of nitrogen functional groups attached to an aromatic ring is 1. The van der Waals surface area contributed by atoms with Crippen molar-refractivity contribution in [1.82, 2.24) is 29.1 Å². The van der Waals surface area contributed by atoms with Gasteiger partial charge in [-0.1, -0.05) is 18.2 Å². The van der Waals surface area contributed by atoms with Crippen molar-refractivity contribution >= 4 is 28.6 Å². The number of nitrogens with one attached hydrogen (secondary N) is 1. The zero-order chi connectivity index (χ0) is 18.9. The van der Waals surface area contributed by atoms with Crippen LogP contribution in [-0.4, -0.2) is 29.1 Å². The molecule has 3 aromatic heterocycles. The maximum absolute atomic E-state index is 6.11. The van der Waals surface area contributed by atoms with Gasteiger partial charge in [0.1, 0.15) is 6.33 Å². The summed E-state index contributed by atoms with van der Waals surface area (Å²) in [6, 6.07) is 17.7. The van der Waals surface area contributed by atoms with Crippen LogP contribution in [0, 0.1) is 0 Å². The molecule has 2 aromatic carbocycles. The number of nitrogens with zero attached hydrogens (tertiary/aromatic N) is 6. The molecule has 0 atom stereocenters. The van der Waals surface area contributed by atoms with Gasteiger partial charge in [-0.3, -0.25) is 4.57 Å². The monoisotopic (exact) mass is 368 g/mol. The third-order valence-electron chi connectivity index (χ3n) is 4.38. The van der Waals surface area contributed by atoms with Crippen molar-refractivity contribution in [2.75, 3.05) is 11.1 Å². The largest absolute Gasteiger partial charge is 0.382 e. The maximum atomic E-state index is 6.11. The Balaban J connectivity index is 1.49. The third-order valence-corrected chi connectivity index (χ3v) is 4.38. The predicted molar refractivity (Wildman–Crippen MR) is 108 cm³/mol. The summed E-state index contributed by atoms with van der Waals surface area (Å²) in [6.07, 6.45) is 7.10. The highest BCUT2D eigenvalue weighted by Gasteiger charge is 2.12. The number of hydrogen-bond acceptors (Lipinski definition) is 6. The summed E-state index contributed by atoms with van der Waals surface area (Å²) in [5, 5.41) is 3.21. The molecule has 0 fully saturated rings. The van der Waals surface area contributed by atoms with Gasteiger partial charge in [0.15, 0.2) is 17.0 Å². The summed E-state index contributed by atoms with van der Waals surface area (Å²) >= 11 is 0. The van der Waals surface area contributed by atoms with Gasteiger partial charge >= 0.3 is 0 Å². The Bertz CT molecular complexity index is 1220. The van der Waals surface area contributed by atoms with Crippen LogP contribution in [0.15, 0.2) is 79.6 Å². The number of para-hydroxylation sites is 1. The Kier molecular flexibility index (Phi) is 3.72. The second-order valence-corrected chi connectivity index (χ2v) is 6.20. The summed E-state index contributed by atoms with van der Waals surface area (Å²) < 4.78 is 3.82. The Labute approximate surface area is 160 Å². The SMILES string of the molecule is Nc1nc(Nc2ccc(-n3ccnc3)cc2)nc2c1ncn2-c1ccccc1. The fraction of sp³-hybridized carbons (Fsp3) is 0. The van der Waals surface area contributed by atoms with Crippen LogP contribution in [0.2, 0.25) is 0 Å². The fourth-order valence-corrected chi connectivity index (χ4v) is 3.01. The van der Waals surface area contributed by atoms with E-state index in [0.717, 1.165) is 17.1 Å². The number of fused-ring (bicyclic) bond motifs is 1. The maximum Gasteiger partial charge on any atom is 0.231 e. The first kappa shape index (κ1) is 16.0. The number of rotatable bonds is 4. The van der Waals surface area contributed by atoms with Gasteiger partial charge < -0.3 is 15.6 Å². The highest BCUT2D eigenvalue weighted by molar-refractivity contribution is 5.84. The molecule has 0 spiro atoms. The van der Waals surface area contributed by atoms with Crippen molar-refractivity contribution in [3.05, 3.63) is 79.6 Å². The third kappa shape index (κ3) is 2.82. The fourth-order valence-electron chi connectivity index (χ4n) is 3.01. The second kappa shape index (κ2) is 6.51. The molecule has 28 heavy (non-hydrogen) atoms. The Hall–Kier alpha value is -4.20. The molecule has 0 aliphatic carbocycles. The summed E-state index contributed by atoms with van der Waals surface area (Å²) in [4.78, 5) is 17.4. The average molecular weight is 368 g/mol. The van der Waals surface area contributed by atoms with Gasteiger partial charge in [-0.25, -0.2) is 9.97 Å². The molecule has 8 nitrogen and oxygen atoms in total. The highest BCUT2D eigenvalue weighted by Crippen LogP contribution is 2.23. The summed E-state index contributed by atoms with van der Waals surface area (Å²) in [7, 11) is 0. The van der Waals surface area contributed by atoms with E-state index in [0.29, 0.717) is 22.9 Å². The molecule has 0 saturated carbocycles. The average Bonchev–Trinajstić information content (AvgIpc) is 3.40. The Morgan fingerprint density at radius 1 is 0.857 bits per heavy atom. The number of aromatic nitrogens is 6. The lowest BCUT2D eigenvalue weighted by Crippen LogP contribution is -2.03. The van der Waals surface area contributed by atoms with Crippen LogP contribution in [0.5, 0.6) is 0 Å². The molecule has 0 amide bonds. The van der Waals surface area contributed by atoms with Crippen LogP contribution in [0.1, 0.15) is 0 Å². The molecule has 3 N–H and O–H groups in total. The van der Waals surface area contributed by atoms with E-state index in [1.54, 1.807) is 18.9 Å². The van der Waals surface area contributed by atoms with Gasteiger partial charge in [-0.2, -0.15) is 9.97 Å². The standard InChI is InChI=1S/C20H16N8/c21-18-17-19(28(13-23-17)16-4-2-1-3-5-16)26-20(25-18)24-14-6-8-15(9-7-14)27-11-10-22-12-27/h1-13H,(H3,21,24,25,26). The normalized spacial score (nSPS) is 11.0. The van der Waals surface area contributed by atoms with Gasteiger partial charge in [0.05, 0.1) is 6.33 Å². The lowest BCUT2D eigenvalue weighted by Gasteiger charge is -2.09. The molecule has 3 heterocycles. The summed E-state index contributed by atoms with van der Waals surface area (Å²) in [6.45, 7) is 0. The molecule has 0 bridgehead atoms. The van der Waals surface area contributed by atoms with E-state index in [9.17, 15) is 0 Å². The van der Waals surface area contributed by atoms with Crippen LogP contribution < -0.4 is 11.1 Å². The van der Waals surface area contributed by atoms with E-state index in [4.69, 9.17) is 5.73 Å². The Morgan fingerprint density at radius 2 is 1.68 bits per heavy atom. The number of hydrogen-bond donors (Lipinski definition) is 2. The number of benzene rings is 2. The highest BCUT2D eigenvalue weighted by atomic mass is 15.2. The van der Waals surface area contributed by atoms with Gasteiger partial charge in [0, 0.05) is 29.5 Å². The molecular weight excluding hydrogens is 352 g/mol. The zero-order valence-corrected chi connectivity index (χ0v) is 14.8. The lowest BCUT2D eigenvalue weighted by molar-refractivity contribution is 1.05. The molecule has 5 aromatic rings. The van der Waals surface area contributed by atoms with Gasteiger partial charge in [-0.05, 0) is 36.4 Å². The smallest absolute Gasteiger partial charge is 0.231 e. The van der Waals surface area contributed by atoms with Crippen molar-refractivity contribution < 1.29 is 0 Å². The van der Waals surface area contributed by atoms with Crippen molar-refractivity contribution in [1.29, 1.82) is 0 Å². The van der Waals surface area contributed by atoms with E-state index in [1.165, 1.54) is 0 Å². The Morgan fingerprint density at radius 3 is 2.43 bits per heavy atom. The van der Waals surface area contributed by atoms with Crippen molar-refractivity contribution in [3.8, 4) is 11.4 Å². The molecule has 8 heteroatoms. The van der Waals surface area contributed by atoms with Crippen molar-refractivity contribution in [2.24, 2.45) is 0 Å². The first-order valence-electron chi connectivity index (χ1n) is 8.69. The molecule has 0 aliphatic rings. The number of nitrogens with two attached hydrogens (primary N) is 1. The lowest BCUT2D eigenvalue weighted by atomic mass is 10.3. The zero-order valence-electron chi connectivity index (χ0n) is 14.8. The molecule has 5 rings (SSSR count). The summed E-state index contributed by atoms with van der Waals surface area (Å²) in [5.74, 6) is 0.746. The van der Waals surface area contributed by atoms with Gasteiger partial charge in [-0.15, -0.1) is 0 Å². The van der Waals surface area contributed by atoms with Crippen LogP contribution in [0.3, 0.4) is 0 Å². The second-order valence-electron chi connectivity index (χ2n) is 6.20. The minimum Gasteiger partial charge on any atom is -0.382 e. The van der Waals surface area contributed by atoms with E-state index in [-0.39, 0.29) is 0 Å². The van der Waals surface area contributed by atoms with E-state index < -0.39 is 0 Å².